The monoisotopic (exact) mass is 278 g/mol. The quantitative estimate of drug-likeness (QED) is 0.750. The van der Waals surface area contributed by atoms with Crippen molar-refractivity contribution < 1.29 is 4.79 Å². The number of hydrogen-bond donors (Lipinski definition) is 2. The SMILES string of the molecule is O=C1Cc2[nH]c(Br)c(Br)c2N1. The molecule has 0 saturated carbocycles. The smallest absolute Gasteiger partial charge is 0.230 e. The second kappa shape index (κ2) is 2.35. The van der Waals surface area contributed by atoms with Crippen LogP contribution in [-0.4, -0.2) is 10.9 Å². The van der Waals surface area contributed by atoms with E-state index in [0.29, 0.717) is 6.42 Å². The lowest BCUT2D eigenvalue weighted by Crippen LogP contribution is -2.04. The fraction of sp³-hybridized carbons (Fsp3) is 0.167. The van der Waals surface area contributed by atoms with Gasteiger partial charge in [0.15, 0.2) is 0 Å². The van der Waals surface area contributed by atoms with Gasteiger partial charge in [-0.1, -0.05) is 0 Å². The van der Waals surface area contributed by atoms with Crippen molar-refractivity contribution in [2.75, 3.05) is 5.32 Å². The Bertz CT molecular complexity index is 332. The van der Waals surface area contributed by atoms with Gasteiger partial charge in [-0.25, -0.2) is 0 Å². The molecule has 0 bridgehead atoms. The molecule has 1 aromatic rings. The molecule has 1 aliphatic rings. The molecule has 3 nitrogen and oxygen atoms in total. The first-order valence-corrected chi connectivity index (χ1v) is 4.63. The standard InChI is InChI=1S/C6H4Br2N2O/c7-4-5-2(9-6(4)8)1-3(11)10-5/h9H,1H2,(H,10,11). The number of nitrogens with one attached hydrogen (secondary N) is 2. The predicted octanol–water partition coefficient (Wildman–Crippen LogP) is 2.03. The summed E-state index contributed by atoms with van der Waals surface area (Å²) in [6.45, 7) is 0. The van der Waals surface area contributed by atoms with Crippen molar-refractivity contribution in [1.82, 2.24) is 4.98 Å². The Balaban J connectivity index is 2.56. The summed E-state index contributed by atoms with van der Waals surface area (Å²) in [4.78, 5) is 13.9. The average Bonchev–Trinajstić information content (AvgIpc) is 2.37. The summed E-state index contributed by atoms with van der Waals surface area (Å²) < 4.78 is 1.76. The van der Waals surface area contributed by atoms with Gasteiger partial charge in [0.1, 0.15) is 0 Å². The van der Waals surface area contributed by atoms with Crippen molar-refractivity contribution in [3.8, 4) is 0 Å². The third-order valence-corrected chi connectivity index (χ3v) is 3.50. The molecule has 5 heteroatoms. The minimum Gasteiger partial charge on any atom is -0.350 e. The van der Waals surface area contributed by atoms with Gasteiger partial charge in [-0.05, 0) is 31.9 Å². The molecule has 1 aliphatic heterocycles. The predicted molar refractivity (Wildman–Crippen MR) is 48.5 cm³/mol. The Morgan fingerprint density at radius 2 is 2.09 bits per heavy atom. The number of aromatic amines is 1. The number of anilines is 1. The van der Waals surface area contributed by atoms with Crippen LogP contribution in [0.3, 0.4) is 0 Å². The lowest BCUT2D eigenvalue weighted by atomic mass is 10.3. The van der Waals surface area contributed by atoms with E-state index < -0.39 is 0 Å². The normalized spacial score (nSPS) is 14.9. The molecule has 0 spiro atoms. The first-order valence-electron chi connectivity index (χ1n) is 3.04. The molecule has 0 atom stereocenters. The zero-order valence-corrected chi connectivity index (χ0v) is 8.54. The third kappa shape index (κ3) is 1.03. The number of rotatable bonds is 0. The van der Waals surface area contributed by atoms with E-state index in [4.69, 9.17) is 0 Å². The number of hydrogen-bond acceptors (Lipinski definition) is 1. The van der Waals surface area contributed by atoms with E-state index in [1.165, 1.54) is 0 Å². The lowest BCUT2D eigenvalue weighted by Gasteiger charge is -1.92. The van der Waals surface area contributed by atoms with E-state index in [2.05, 4.69) is 42.2 Å². The highest BCUT2D eigenvalue weighted by atomic mass is 79.9. The lowest BCUT2D eigenvalue weighted by molar-refractivity contribution is -0.115. The van der Waals surface area contributed by atoms with Crippen molar-refractivity contribution in [2.24, 2.45) is 0 Å². The molecule has 58 valence electrons. The maximum absolute atomic E-state index is 10.9. The number of carbonyl (C=O) groups excluding carboxylic acids is 1. The fourth-order valence-corrected chi connectivity index (χ4v) is 1.97. The molecule has 2 N–H and O–H groups in total. The summed E-state index contributed by atoms with van der Waals surface area (Å²) in [5.74, 6) is 0.0412. The molecular formula is C6H4Br2N2O. The number of amides is 1. The fourth-order valence-electron chi connectivity index (χ4n) is 1.10. The van der Waals surface area contributed by atoms with E-state index in [-0.39, 0.29) is 5.91 Å². The van der Waals surface area contributed by atoms with Gasteiger partial charge in [-0.2, -0.15) is 0 Å². The van der Waals surface area contributed by atoms with Crippen molar-refractivity contribution >= 4 is 43.5 Å². The Hall–Kier alpha value is -0.290. The second-order valence-corrected chi connectivity index (χ2v) is 3.92. The molecule has 1 aromatic heterocycles. The Kier molecular flexibility index (Phi) is 1.57. The number of fused-ring (bicyclic) bond motifs is 1. The molecule has 11 heavy (non-hydrogen) atoms. The van der Waals surface area contributed by atoms with Crippen molar-refractivity contribution in [2.45, 2.75) is 6.42 Å². The molecular weight excluding hydrogens is 276 g/mol. The van der Waals surface area contributed by atoms with Gasteiger partial charge in [-0.3, -0.25) is 4.79 Å². The Labute approximate surface area is 79.8 Å². The number of carbonyl (C=O) groups is 1. The van der Waals surface area contributed by atoms with Gasteiger partial charge in [-0.15, -0.1) is 0 Å². The van der Waals surface area contributed by atoms with Crippen LogP contribution in [0.4, 0.5) is 5.69 Å². The highest BCUT2D eigenvalue weighted by Gasteiger charge is 2.23. The van der Waals surface area contributed by atoms with Crippen molar-refractivity contribution in [3.05, 3.63) is 14.8 Å². The summed E-state index contributed by atoms with van der Waals surface area (Å²) in [6, 6.07) is 0. The van der Waals surface area contributed by atoms with E-state index >= 15 is 0 Å². The maximum atomic E-state index is 10.9. The Morgan fingerprint density at radius 1 is 1.36 bits per heavy atom. The van der Waals surface area contributed by atoms with Gasteiger partial charge in [0.05, 0.1) is 26.9 Å². The second-order valence-electron chi connectivity index (χ2n) is 2.33. The molecule has 0 unspecified atom stereocenters. The molecule has 2 heterocycles. The van der Waals surface area contributed by atoms with Crippen LogP contribution < -0.4 is 5.32 Å². The van der Waals surface area contributed by atoms with Gasteiger partial charge in [0.25, 0.3) is 0 Å². The molecule has 0 saturated heterocycles. The summed E-state index contributed by atoms with van der Waals surface area (Å²) in [5.41, 5.74) is 1.80. The van der Waals surface area contributed by atoms with E-state index in [0.717, 1.165) is 20.5 Å². The van der Waals surface area contributed by atoms with E-state index in [1.807, 2.05) is 0 Å². The first-order chi connectivity index (χ1) is 5.18. The summed E-state index contributed by atoms with van der Waals surface area (Å²) in [5, 5.41) is 2.74. The molecule has 1 amide bonds. The van der Waals surface area contributed by atoms with Crippen LogP contribution in [-0.2, 0) is 11.2 Å². The van der Waals surface area contributed by atoms with Crippen LogP contribution in [0.25, 0.3) is 0 Å². The first kappa shape index (κ1) is 7.36. The highest BCUT2D eigenvalue weighted by molar-refractivity contribution is 9.13. The molecule has 0 radical (unpaired) electrons. The van der Waals surface area contributed by atoms with Gasteiger partial charge >= 0.3 is 0 Å². The molecule has 0 fully saturated rings. The van der Waals surface area contributed by atoms with Crippen LogP contribution in [0, 0.1) is 0 Å². The Morgan fingerprint density at radius 3 is 2.73 bits per heavy atom. The molecule has 2 rings (SSSR count). The van der Waals surface area contributed by atoms with Crippen LogP contribution in [0.1, 0.15) is 5.69 Å². The van der Waals surface area contributed by atoms with Crippen LogP contribution >= 0.6 is 31.9 Å². The summed E-state index contributed by atoms with van der Waals surface area (Å²) >= 11 is 6.64. The molecule has 0 aromatic carbocycles. The van der Waals surface area contributed by atoms with Crippen LogP contribution in [0.15, 0.2) is 9.08 Å². The zero-order valence-electron chi connectivity index (χ0n) is 5.37. The van der Waals surface area contributed by atoms with Gasteiger partial charge in [0.2, 0.25) is 5.91 Å². The molecule has 0 aliphatic carbocycles. The highest BCUT2D eigenvalue weighted by Crippen LogP contribution is 2.36. The zero-order chi connectivity index (χ0) is 8.01. The summed E-state index contributed by atoms with van der Waals surface area (Å²) in [7, 11) is 0. The maximum Gasteiger partial charge on any atom is 0.230 e. The topological polar surface area (TPSA) is 44.9 Å². The number of aromatic nitrogens is 1. The minimum atomic E-state index is 0.0412. The van der Waals surface area contributed by atoms with Crippen molar-refractivity contribution in [1.29, 1.82) is 0 Å². The van der Waals surface area contributed by atoms with E-state index in [1.54, 1.807) is 0 Å². The number of halogens is 2. The van der Waals surface area contributed by atoms with Crippen molar-refractivity contribution in [3.63, 3.8) is 0 Å². The van der Waals surface area contributed by atoms with Gasteiger partial charge in [0, 0.05) is 0 Å². The van der Waals surface area contributed by atoms with Gasteiger partial charge < -0.3 is 10.3 Å². The summed E-state index contributed by atoms with van der Waals surface area (Å²) in [6.07, 6.45) is 0.444. The van der Waals surface area contributed by atoms with Crippen LogP contribution in [0.2, 0.25) is 0 Å². The third-order valence-electron chi connectivity index (χ3n) is 1.58. The number of H-pyrrole nitrogens is 1. The van der Waals surface area contributed by atoms with E-state index in [9.17, 15) is 4.79 Å². The average molecular weight is 280 g/mol. The van der Waals surface area contributed by atoms with Crippen LogP contribution in [0.5, 0.6) is 0 Å². The largest absolute Gasteiger partial charge is 0.350 e. The minimum absolute atomic E-state index is 0.0412.